The van der Waals surface area contributed by atoms with Crippen LogP contribution in [0, 0.1) is 0 Å². The molecule has 0 aromatic heterocycles. The van der Waals surface area contributed by atoms with E-state index in [0.29, 0.717) is 25.1 Å². The quantitative estimate of drug-likeness (QED) is 0.212. The fourth-order valence-corrected chi connectivity index (χ4v) is 4.95. The van der Waals surface area contributed by atoms with Crippen molar-refractivity contribution in [1.82, 2.24) is 10.2 Å². The van der Waals surface area contributed by atoms with Gasteiger partial charge in [0.2, 0.25) is 0 Å². The summed E-state index contributed by atoms with van der Waals surface area (Å²) in [6.45, 7) is 5.22. The normalized spacial score (nSPS) is 19.1. The number of hydrogen-bond donors (Lipinski definition) is 3. The molecule has 3 N–H and O–H groups in total. The third-order valence-corrected chi connectivity index (χ3v) is 7.06. The molecule has 4 rings (SSSR count). The summed E-state index contributed by atoms with van der Waals surface area (Å²) in [5.41, 5.74) is 4.00. The van der Waals surface area contributed by atoms with Crippen LogP contribution in [0.15, 0.2) is 91.5 Å². The molecule has 42 heavy (non-hydrogen) atoms. The SMILES string of the molecule is C=CCN(C)C[C@@H]1C[C@H](c2ccc(CO)cc2)O[C@H](c2cccc(NC(=O)N[C@@H](Cc3ccccc3)C(=O)OC)c2)O1. The Balaban J connectivity index is 1.48. The Labute approximate surface area is 247 Å². The lowest BCUT2D eigenvalue weighted by molar-refractivity contribution is -0.252. The second kappa shape index (κ2) is 15.3. The van der Waals surface area contributed by atoms with E-state index < -0.39 is 24.3 Å². The van der Waals surface area contributed by atoms with E-state index >= 15 is 0 Å². The number of aliphatic hydroxyl groups is 1. The first-order valence-electron chi connectivity index (χ1n) is 14.0. The van der Waals surface area contributed by atoms with Gasteiger partial charge in [0.25, 0.3) is 0 Å². The van der Waals surface area contributed by atoms with E-state index in [1.165, 1.54) is 7.11 Å². The Morgan fingerprint density at radius 3 is 2.50 bits per heavy atom. The van der Waals surface area contributed by atoms with Crippen LogP contribution in [-0.2, 0) is 32.0 Å². The first-order chi connectivity index (χ1) is 20.4. The van der Waals surface area contributed by atoms with Gasteiger partial charge in [-0.1, -0.05) is 72.8 Å². The highest BCUT2D eigenvalue weighted by molar-refractivity contribution is 5.92. The lowest BCUT2D eigenvalue weighted by atomic mass is 9.99. The maximum Gasteiger partial charge on any atom is 0.328 e. The van der Waals surface area contributed by atoms with Gasteiger partial charge < -0.3 is 34.9 Å². The molecule has 0 aliphatic carbocycles. The van der Waals surface area contributed by atoms with Crippen molar-refractivity contribution < 1.29 is 28.9 Å². The van der Waals surface area contributed by atoms with Crippen LogP contribution >= 0.6 is 0 Å². The molecule has 1 aliphatic heterocycles. The smallest absolute Gasteiger partial charge is 0.328 e. The van der Waals surface area contributed by atoms with Crippen LogP contribution in [0.3, 0.4) is 0 Å². The van der Waals surface area contributed by atoms with Gasteiger partial charge in [0, 0.05) is 37.2 Å². The fourth-order valence-electron chi connectivity index (χ4n) is 4.95. The number of esters is 1. The number of likely N-dealkylation sites (N-methyl/N-ethyl adjacent to an activating group) is 1. The van der Waals surface area contributed by atoms with Gasteiger partial charge in [-0.05, 0) is 35.9 Å². The Kier molecular flexibility index (Phi) is 11.2. The van der Waals surface area contributed by atoms with Crippen LogP contribution in [0.1, 0.15) is 41.1 Å². The maximum atomic E-state index is 12.9. The molecule has 222 valence electrons. The van der Waals surface area contributed by atoms with E-state index in [1.807, 2.05) is 79.9 Å². The van der Waals surface area contributed by atoms with E-state index in [2.05, 4.69) is 22.1 Å². The molecular formula is C33H39N3O6. The predicted octanol–water partition coefficient (Wildman–Crippen LogP) is 4.75. The number of benzene rings is 3. The Bertz CT molecular complexity index is 1320. The van der Waals surface area contributed by atoms with Crippen molar-refractivity contribution in [2.24, 2.45) is 0 Å². The van der Waals surface area contributed by atoms with Gasteiger partial charge in [-0.25, -0.2) is 9.59 Å². The number of methoxy groups -OCH3 is 1. The summed E-state index contributed by atoms with van der Waals surface area (Å²) >= 11 is 0. The molecule has 9 heteroatoms. The number of hydrogen-bond acceptors (Lipinski definition) is 7. The molecule has 3 aromatic rings. The largest absolute Gasteiger partial charge is 0.467 e. The summed E-state index contributed by atoms with van der Waals surface area (Å²) in [6.07, 6.45) is 1.80. The number of urea groups is 1. The van der Waals surface area contributed by atoms with Crippen molar-refractivity contribution in [1.29, 1.82) is 0 Å². The van der Waals surface area contributed by atoms with Crippen LogP contribution in [0.4, 0.5) is 10.5 Å². The number of aliphatic hydroxyl groups excluding tert-OH is 1. The van der Waals surface area contributed by atoms with Crippen LogP contribution in [0.25, 0.3) is 0 Å². The van der Waals surface area contributed by atoms with Crippen LogP contribution in [-0.4, -0.2) is 61.4 Å². The summed E-state index contributed by atoms with van der Waals surface area (Å²) < 4.78 is 17.7. The Morgan fingerprint density at radius 1 is 1.05 bits per heavy atom. The van der Waals surface area contributed by atoms with Gasteiger partial charge in [0.15, 0.2) is 6.29 Å². The maximum absolute atomic E-state index is 12.9. The van der Waals surface area contributed by atoms with Gasteiger partial charge >= 0.3 is 12.0 Å². The third kappa shape index (κ3) is 8.74. The van der Waals surface area contributed by atoms with Gasteiger partial charge in [0.1, 0.15) is 6.04 Å². The summed E-state index contributed by atoms with van der Waals surface area (Å²) in [6, 6.07) is 23.0. The van der Waals surface area contributed by atoms with E-state index in [9.17, 15) is 14.7 Å². The average molecular weight is 574 g/mol. The molecule has 1 heterocycles. The minimum absolute atomic E-state index is 0.0213. The number of amides is 2. The third-order valence-electron chi connectivity index (χ3n) is 7.06. The first-order valence-corrected chi connectivity index (χ1v) is 14.0. The topological polar surface area (TPSA) is 109 Å². The summed E-state index contributed by atoms with van der Waals surface area (Å²) in [4.78, 5) is 27.4. The van der Waals surface area contributed by atoms with Gasteiger partial charge in [-0.15, -0.1) is 6.58 Å². The van der Waals surface area contributed by atoms with Gasteiger partial charge in [0.05, 0.1) is 25.9 Å². The Hall–Kier alpha value is -4.02. The van der Waals surface area contributed by atoms with Crippen molar-refractivity contribution in [3.05, 3.63) is 114 Å². The molecule has 3 aromatic carbocycles. The standard InChI is InChI=1S/C33H39N3O6/c1-4-17-36(2)21-28-20-30(25-15-13-24(22-37)14-16-25)42-32(41-28)26-11-8-12-27(19-26)34-33(39)35-29(31(38)40-3)18-23-9-6-5-7-10-23/h4-16,19,28-30,32,37H,1,17-18,20-22H2,2-3H3,(H2,34,35,39)/t28-,29-,30+,32+/m0/s1. The predicted molar refractivity (Wildman–Crippen MR) is 161 cm³/mol. The highest BCUT2D eigenvalue weighted by Gasteiger charge is 2.33. The molecule has 4 atom stereocenters. The molecule has 9 nitrogen and oxygen atoms in total. The first kappa shape index (κ1) is 30.9. The fraction of sp³-hybridized carbons (Fsp3) is 0.333. The zero-order chi connectivity index (χ0) is 29.9. The van der Waals surface area contributed by atoms with Gasteiger partial charge in [-0.3, -0.25) is 0 Å². The molecule has 0 saturated carbocycles. The number of carbonyl (C=O) groups is 2. The molecular weight excluding hydrogens is 534 g/mol. The second-order valence-corrected chi connectivity index (χ2v) is 10.3. The summed E-state index contributed by atoms with van der Waals surface area (Å²) in [5.74, 6) is -0.530. The molecule has 0 radical (unpaired) electrons. The molecule has 1 aliphatic rings. The molecule has 0 unspecified atom stereocenters. The molecule has 0 spiro atoms. The van der Waals surface area contributed by atoms with E-state index in [0.717, 1.165) is 28.8 Å². The molecule has 1 saturated heterocycles. The number of nitrogens with zero attached hydrogens (tertiary/aromatic N) is 1. The Morgan fingerprint density at radius 2 is 1.81 bits per heavy atom. The monoisotopic (exact) mass is 573 g/mol. The lowest BCUT2D eigenvalue weighted by Crippen LogP contribution is -2.45. The minimum Gasteiger partial charge on any atom is -0.467 e. The van der Waals surface area contributed by atoms with Crippen molar-refractivity contribution in [2.45, 2.75) is 44.0 Å². The summed E-state index contributed by atoms with van der Waals surface area (Å²) in [7, 11) is 3.31. The number of anilines is 1. The van der Waals surface area contributed by atoms with E-state index in [1.54, 1.807) is 12.1 Å². The lowest BCUT2D eigenvalue weighted by Gasteiger charge is -2.37. The van der Waals surface area contributed by atoms with Crippen LogP contribution in [0.5, 0.6) is 0 Å². The van der Waals surface area contributed by atoms with Crippen molar-refractivity contribution >= 4 is 17.7 Å². The minimum atomic E-state index is -0.850. The molecule has 2 amide bonds. The average Bonchev–Trinajstić information content (AvgIpc) is 3.01. The zero-order valence-electron chi connectivity index (χ0n) is 24.1. The number of nitrogens with one attached hydrogen (secondary N) is 2. The number of ether oxygens (including phenoxy) is 3. The van der Waals surface area contributed by atoms with Crippen LogP contribution in [0.2, 0.25) is 0 Å². The van der Waals surface area contributed by atoms with E-state index in [-0.39, 0.29) is 18.8 Å². The molecule has 1 fully saturated rings. The van der Waals surface area contributed by atoms with E-state index in [4.69, 9.17) is 14.2 Å². The highest BCUT2D eigenvalue weighted by Crippen LogP contribution is 2.38. The second-order valence-electron chi connectivity index (χ2n) is 10.3. The zero-order valence-corrected chi connectivity index (χ0v) is 24.1. The van der Waals surface area contributed by atoms with Gasteiger partial charge in [-0.2, -0.15) is 0 Å². The van der Waals surface area contributed by atoms with Crippen molar-refractivity contribution in [3.63, 3.8) is 0 Å². The highest BCUT2D eigenvalue weighted by atomic mass is 16.7. The number of carbonyl (C=O) groups excluding carboxylic acids is 2. The van der Waals surface area contributed by atoms with Crippen molar-refractivity contribution in [2.75, 3.05) is 32.6 Å². The van der Waals surface area contributed by atoms with Crippen LogP contribution < -0.4 is 10.6 Å². The number of rotatable bonds is 12. The van der Waals surface area contributed by atoms with Crippen molar-refractivity contribution in [3.8, 4) is 0 Å². The molecule has 0 bridgehead atoms. The summed E-state index contributed by atoms with van der Waals surface area (Å²) in [5, 5.41) is 15.0.